The van der Waals surface area contributed by atoms with Crippen molar-refractivity contribution in [3.05, 3.63) is 176 Å². The lowest BCUT2D eigenvalue weighted by molar-refractivity contribution is 0.879. The van der Waals surface area contributed by atoms with Gasteiger partial charge in [-0.15, -0.1) is 21.5 Å². The van der Waals surface area contributed by atoms with E-state index in [2.05, 4.69) is 175 Å². The lowest BCUT2D eigenvalue weighted by Crippen LogP contribution is -2.02. The van der Waals surface area contributed by atoms with Gasteiger partial charge in [0.2, 0.25) is 0 Å². The fraction of sp³-hybridized carbons (Fsp3) is 0. The average Bonchev–Trinajstić information content (AvgIpc) is 3.57. The number of hydrogen-bond acceptors (Lipinski definition) is 4. The van der Waals surface area contributed by atoms with Crippen LogP contribution in [0.4, 0.5) is 0 Å². The highest BCUT2D eigenvalue weighted by atomic mass is 32.1. The zero-order valence-corrected chi connectivity index (χ0v) is 27.3. The van der Waals surface area contributed by atoms with Gasteiger partial charge in [0.05, 0.1) is 0 Å². The lowest BCUT2D eigenvalue weighted by atomic mass is 9.84. The molecule has 0 atom stereocenters. The van der Waals surface area contributed by atoms with E-state index in [1.165, 1.54) is 31.3 Å². The van der Waals surface area contributed by atoms with Crippen molar-refractivity contribution >= 4 is 31.5 Å². The van der Waals surface area contributed by atoms with Gasteiger partial charge >= 0.3 is 0 Å². The Morgan fingerprint density at radius 1 is 0.327 bits per heavy atom. The van der Waals surface area contributed by atoms with Crippen molar-refractivity contribution in [1.29, 1.82) is 0 Å². The molecule has 2 aromatic heterocycles. The summed E-state index contributed by atoms with van der Waals surface area (Å²) in [5, 5.41) is 16.6. The summed E-state index contributed by atoms with van der Waals surface area (Å²) in [6, 6.07) is 62.0. The fourth-order valence-corrected chi connectivity index (χ4v) is 8.11. The third-order valence-corrected chi connectivity index (χ3v) is 10.3. The van der Waals surface area contributed by atoms with Crippen molar-refractivity contribution in [3.8, 4) is 67.0 Å². The maximum absolute atomic E-state index is 4.95. The molecule has 230 valence electrons. The van der Waals surface area contributed by atoms with Gasteiger partial charge in [-0.1, -0.05) is 164 Å². The molecule has 3 nitrogen and oxygen atoms in total. The summed E-state index contributed by atoms with van der Waals surface area (Å²) in [6.07, 6.45) is 0. The Bertz CT molecular complexity index is 2590. The number of fused-ring (bicyclic) bond motifs is 3. The van der Waals surface area contributed by atoms with Crippen LogP contribution in [0.1, 0.15) is 0 Å². The largest absolute Gasteiger partial charge is 0.135 e. The van der Waals surface area contributed by atoms with Crippen LogP contribution in [0.3, 0.4) is 0 Å². The Morgan fingerprint density at radius 3 is 1.45 bits per heavy atom. The highest BCUT2D eigenvalue weighted by Gasteiger charge is 2.26. The summed E-state index contributed by atoms with van der Waals surface area (Å²) in [5.41, 5.74) is 12.5. The van der Waals surface area contributed by atoms with Crippen molar-refractivity contribution in [1.82, 2.24) is 15.4 Å². The molecule has 0 bridgehead atoms. The maximum Gasteiger partial charge on any atom is 0.105 e. The molecule has 0 unspecified atom stereocenters. The summed E-state index contributed by atoms with van der Waals surface area (Å²) in [6.45, 7) is 0. The molecule has 0 fully saturated rings. The normalized spacial score (nSPS) is 11.3. The van der Waals surface area contributed by atoms with Crippen LogP contribution in [0, 0.1) is 0 Å². The molecule has 49 heavy (non-hydrogen) atoms. The molecular formula is C45H29N3S. The smallest absolute Gasteiger partial charge is 0.105 e. The molecule has 0 spiro atoms. The van der Waals surface area contributed by atoms with E-state index >= 15 is 0 Å². The highest BCUT2D eigenvalue weighted by molar-refractivity contribution is 7.26. The van der Waals surface area contributed by atoms with Gasteiger partial charge in [0.15, 0.2) is 0 Å². The van der Waals surface area contributed by atoms with Gasteiger partial charge in [-0.3, -0.25) is 0 Å². The Labute approximate surface area is 288 Å². The molecule has 0 saturated heterocycles. The van der Waals surface area contributed by atoms with Gasteiger partial charge in [0.25, 0.3) is 0 Å². The molecule has 0 aliphatic carbocycles. The van der Waals surface area contributed by atoms with Crippen LogP contribution < -0.4 is 0 Å². The van der Waals surface area contributed by atoms with Gasteiger partial charge < -0.3 is 0 Å². The number of rotatable bonds is 6. The number of benzene rings is 7. The molecule has 0 amide bonds. The van der Waals surface area contributed by atoms with Crippen molar-refractivity contribution in [2.75, 3.05) is 0 Å². The van der Waals surface area contributed by atoms with Gasteiger partial charge in [0.1, 0.15) is 11.4 Å². The number of aromatic nitrogens is 3. The maximum atomic E-state index is 4.95. The van der Waals surface area contributed by atoms with Crippen molar-refractivity contribution < 1.29 is 0 Å². The number of hydrogen-bond donors (Lipinski definition) is 0. The summed E-state index contributed by atoms with van der Waals surface area (Å²) in [4.78, 5) is 0. The zero-order valence-electron chi connectivity index (χ0n) is 26.5. The number of nitrogens with zero attached hydrogens (tertiary/aromatic N) is 3. The second kappa shape index (κ2) is 12.4. The van der Waals surface area contributed by atoms with Crippen LogP contribution in [0.5, 0.6) is 0 Å². The van der Waals surface area contributed by atoms with E-state index in [4.69, 9.17) is 10.2 Å². The van der Waals surface area contributed by atoms with E-state index in [0.717, 1.165) is 55.9 Å². The van der Waals surface area contributed by atoms with E-state index in [1.54, 1.807) is 0 Å². The van der Waals surface area contributed by atoms with Crippen molar-refractivity contribution in [3.63, 3.8) is 0 Å². The molecule has 0 N–H and O–H groups in total. The van der Waals surface area contributed by atoms with Gasteiger partial charge in [-0.05, 0) is 50.7 Å². The Balaban J connectivity index is 1.43. The minimum absolute atomic E-state index is 0.798. The first kappa shape index (κ1) is 29.0. The average molecular weight is 644 g/mol. The van der Waals surface area contributed by atoms with E-state index in [0.29, 0.717) is 0 Å². The van der Waals surface area contributed by atoms with Crippen LogP contribution in [0.2, 0.25) is 0 Å². The molecule has 0 saturated carbocycles. The predicted octanol–water partition coefficient (Wildman–Crippen LogP) is 12.2. The molecule has 7 aromatic carbocycles. The molecule has 0 aliphatic rings. The van der Waals surface area contributed by atoms with E-state index < -0.39 is 0 Å². The minimum Gasteiger partial charge on any atom is -0.135 e. The topological polar surface area (TPSA) is 38.7 Å². The Kier molecular flexibility index (Phi) is 7.34. The van der Waals surface area contributed by atoms with Gasteiger partial charge in [0, 0.05) is 42.4 Å². The first-order chi connectivity index (χ1) is 24.3. The molecular weight excluding hydrogens is 615 g/mol. The second-order valence-corrected chi connectivity index (χ2v) is 13.1. The minimum atomic E-state index is 0.798. The highest BCUT2D eigenvalue weighted by Crippen LogP contribution is 2.50. The number of thiophene rings is 1. The summed E-state index contributed by atoms with van der Waals surface area (Å²) in [7, 11) is 0. The Hall–Kier alpha value is -6.23. The first-order valence-corrected chi connectivity index (χ1v) is 17.2. The predicted molar refractivity (Wildman–Crippen MR) is 205 cm³/mol. The first-order valence-electron chi connectivity index (χ1n) is 16.4. The van der Waals surface area contributed by atoms with Crippen LogP contribution in [0.15, 0.2) is 176 Å². The second-order valence-electron chi connectivity index (χ2n) is 12.0. The zero-order chi connectivity index (χ0) is 32.6. The quantitative estimate of drug-likeness (QED) is 0.181. The lowest BCUT2D eigenvalue weighted by Gasteiger charge is -2.20. The third-order valence-electron chi connectivity index (χ3n) is 9.17. The molecule has 0 radical (unpaired) electrons. The molecule has 0 aliphatic heterocycles. The van der Waals surface area contributed by atoms with E-state index in [-0.39, 0.29) is 0 Å². The summed E-state index contributed by atoms with van der Waals surface area (Å²) >= 11 is 1.83. The molecule has 4 heteroatoms. The Morgan fingerprint density at radius 2 is 0.816 bits per heavy atom. The van der Waals surface area contributed by atoms with Gasteiger partial charge in [-0.25, -0.2) is 0 Å². The standard InChI is InChI=1S/C45H29N3S/c1-4-16-30(17-5-1)33-22-10-12-24-35(33)41-38(28-29-40-42(41)37-26-14-15-27-39(37)49-40)45-43(44(46-48-47-45)32-20-8-3-9-21-32)36-25-13-11-23-34(36)31-18-6-2-7-19-31/h1-29H. The van der Waals surface area contributed by atoms with Gasteiger partial charge in [-0.2, -0.15) is 0 Å². The van der Waals surface area contributed by atoms with Crippen LogP contribution in [0.25, 0.3) is 87.2 Å². The third kappa shape index (κ3) is 5.10. The molecule has 2 heterocycles. The van der Waals surface area contributed by atoms with E-state index in [9.17, 15) is 0 Å². The summed E-state index contributed by atoms with van der Waals surface area (Å²) < 4.78 is 2.49. The molecule has 9 rings (SSSR count). The monoisotopic (exact) mass is 643 g/mol. The SMILES string of the molecule is c1ccc(-c2ccccc2-c2c(-c3ccccc3)nnnc2-c2ccc3sc4ccccc4c3c2-c2ccccc2-c2ccccc2)cc1. The van der Waals surface area contributed by atoms with Crippen LogP contribution in [-0.2, 0) is 0 Å². The fourth-order valence-electron chi connectivity index (χ4n) is 7.00. The van der Waals surface area contributed by atoms with Crippen molar-refractivity contribution in [2.24, 2.45) is 0 Å². The van der Waals surface area contributed by atoms with Crippen molar-refractivity contribution in [2.45, 2.75) is 0 Å². The summed E-state index contributed by atoms with van der Waals surface area (Å²) in [5.74, 6) is 0. The van der Waals surface area contributed by atoms with Crippen LogP contribution in [-0.4, -0.2) is 15.4 Å². The van der Waals surface area contributed by atoms with E-state index in [1.807, 2.05) is 17.4 Å². The molecule has 9 aromatic rings. The van der Waals surface area contributed by atoms with Crippen LogP contribution >= 0.6 is 11.3 Å².